The average molecular weight is 371 g/mol. The topological polar surface area (TPSA) is 29.1 Å². The van der Waals surface area contributed by atoms with E-state index in [1.54, 1.807) is 0 Å². The number of carbonyl (C=O) groups is 1. The van der Waals surface area contributed by atoms with Gasteiger partial charge in [-0.1, -0.05) is 38.3 Å². The Kier molecular flexibility index (Phi) is 5.25. The van der Waals surface area contributed by atoms with E-state index in [9.17, 15) is 4.79 Å². The molecule has 2 unspecified atom stereocenters. The molecular weight excluding hydrogens is 349 g/mol. The van der Waals surface area contributed by atoms with Crippen LogP contribution in [0.5, 0.6) is 0 Å². The molecule has 2 nitrogen and oxygen atoms in total. The van der Waals surface area contributed by atoms with Crippen molar-refractivity contribution in [3.8, 4) is 0 Å². The van der Waals surface area contributed by atoms with Gasteiger partial charge in [0.15, 0.2) is 0 Å². The molecule has 1 fully saturated rings. The molecule has 1 N–H and O–H groups in total. The number of rotatable bonds is 2. The maximum absolute atomic E-state index is 12.4. The molecule has 2 rings (SSSR count). The summed E-state index contributed by atoms with van der Waals surface area (Å²) in [4.78, 5) is 12.4. The van der Waals surface area contributed by atoms with Gasteiger partial charge in [0.25, 0.3) is 5.91 Å². The number of carbonyl (C=O) groups excluding carboxylic acids is 1. The van der Waals surface area contributed by atoms with E-state index in [2.05, 4.69) is 34.8 Å². The minimum atomic E-state index is 0.0897. The molecule has 2 atom stereocenters. The molecule has 1 aliphatic carbocycles. The molecule has 1 saturated carbocycles. The monoisotopic (exact) mass is 371 g/mol. The van der Waals surface area contributed by atoms with E-state index in [1.165, 1.54) is 31.2 Å². The van der Waals surface area contributed by atoms with Crippen LogP contribution in [0.1, 0.15) is 54.9 Å². The minimum Gasteiger partial charge on any atom is -0.349 e. The van der Waals surface area contributed by atoms with Crippen LogP contribution >= 0.6 is 22.6 Å². The number of benzene rings is 1. The second kappa shape index (κ2) is 6.73. The van der Waals surface area contributed by atoms with Gasteiger partial charge < -0.3 is 5.32 Å². The van der Waals surface area contributed by atoms with Crippen LogP contribution in [0, 0.1) is 16.4 Å². The molecule has 3 heteroatoms. The molecule has 1 aliphatic rings. The van der Waals surface area contributed by atoms with Crippen LogP contribution in [-0.4, -0.2) is 11.9 Å². The van der Waals surface area contributed by atoms with Crippen LogP contribution in [0.25, 0.3) is 0 Å². The first-order valence-corrected chi connectivity index (χ1v) is 8.23. The van der Waals surface area contributed by atoms with Crippen molar-refractivity contribution in [3.05, 3.63) is 32.9 Å². The van der Waals surface area contributed by atoms with Gasteiger partial charge in [-0.25, -0.2) is 0 Å². The third kappa shape index (κ3) is 3.71. The SMILES string of the molecule is Cc1cccc(C(=O)NC2CCCCCC2C)c1I. The van der Waals surface area contributed by atoms with E-state index >= 15 is 0 Å². The molecule has 1 amide bonds. The lowest BCUT2D eigenvalue weighted by Crippen LogP contribution is -2.39. The van der Waals surface area contributed by atoms with Crippen LogP contribution < -0.4 is 5.32 Å². The van der Waals surface area contributed by atoms with Gasteiger partial charge >= 0.3 is 0 Å². The van der Waals surface area contributed by atoms with E-state index in [1.807, 2.05) is 25.1 Å². The van der Waals surface area contributed by atoms with Crippen LogP contribution in [-0.2, 0) is 0 Å². The number of nitrogens with one attached hydrogen (secondary N) is 1. The Morgan fingerprint density at radius 1 is 1.26 bits per heavy atom. The Morgan fingerprint density at radius 3 is 2.79 bits per heavy atom. The van der Waals surface area contributed by atoms with E-state index in [-0.39, 0.29) is 5.91 Å². The fourth-order valence-corrected chi connectivity index (χ4v) is 3.38. The molecule has 0 aromatic heterocycles. The Balaban J connectivity index is 2.09. The molecule has 0 saturated heterocycles. The van der Waals surface area contributed by atoms with E-state index in [0.29, 0.717) is 12.0 Å². The molecule has 1 aromatic carbocycles. The Bertz CT molecular complexity index is 458. The number of halogens is 1. The van der Waals surface area contributed by atoms with Gasteiger partial charge in [-0.05, 0) is 59.9 Å². The van der Waals surface area contributed by atoms with Crippen LogP contribution in [0.15, 0.2) is 18.2 Å². The van der Waals surface area contributed by atoms with Gasteiger partial charge in [-0.15, -0.1) is 0 Å². The molecule has 0 heterocycles. The van der Waals surface area contributed by atoms with Crippen molar-refractivity contribution in [1.29, 1.82) is 0 Å². The smallest absolute Gasteiger partial charge is 0.252 e. The van der Waals surface area contributed by atoms with Crippen molar-refractivity contribution in [1.82, 2.24) is 5.32 Å². The Morgan fingerprint density at radius 2 is 2.00 bits per heavy atom. The second-order valence-corrected chi connectivity index (χ2v) is 6.71. The van der Waals surface area contributed by atoms with Crippen molar-refractivity contribution in [2.24, 2.45) is 5.92 Å². The van der Waals surface area contributed by atoms with Crippen molar-refractivity contribution < 1.29 is 4.79 Å². The third-order valence-corrected chi connectivity index (χ3v) is 5.55. The highest BCUT2D eigenvalue weighted by Crippen LogP contribution is 2.24. The molecule has 19 heavy (non-hydrogen) atoms. The summed E-state index contributed by atoms with van der Waals surface area (Å²) in [5.41, 5.74) is 1.99. The molecule has 104 valence electrons. The van der Waals surface area contributed by atoms with E-state index < -0.39 is 0 Å². The molecular formula is C16H22INO. The van der Waals surface area contributed by atoms with Crippen LogP contribution in [0.4, 0.5) is 0 Å². The summed E-state index contributed by atoms with van der Waals surface area (Å²) in [5, 5.41) is 3.25. The van der Waals surface area contributed by atoms with Crippen molar-refractivity contribution in [3.63, 3.8) is 0 Å². The molecule has 1 aromatic rings. The van der Waals surface area contributed by atoms with Gasteiger partial charge in [-0.2, -0.15) is 0 Å². The minimum absolute atomic E-state index is 0.0897. The molecule has 0 aliphatic heterocycles. The predicted octanol–water partition coefficient (Wildman–Crippen LogP) is 4.30. The first kappa shape index (κ1) is 14.8. The van der Waals surface area contributed by atoms with Gasteiger partial charge in [0.1, 0.15) is 0 Å². The third-order valence-electron chi connectivity index (χ3n) is 4.11. The van der Waals surface area contributed by atoms with Gasteiger partial charge in [0.2, 0.25) is 0 Å². The zero-order valence-corrected chi connectivity index (χ0v) is 13.9. The highest BCUT2D eigenvalue weighted by atomic mass is 127. The van der Waals surface area contributed by atoms with E-state index in [0.717, 1.165) is 15.6 Å². The second-order valence-electron chi connectivity index (χ2n) is 5.63. The first-order valence-electron chi connectivity index (χ1n) is 7.15. The maximum Gasteiger partial charge on any atom is 0.252 e. The van der Waals surface area contributed by atoms with Crippen molar-refractivity contribution in [2.45, 2.75) is 52.0 Å². The van der Waals surface area contributed by atoms with Crippen LogP contribution in [0.2, 0.25) is 0 Å². The summed E-state index contributed by atoms with van der Waals surface area (Å²) in [5.74, 6) is 0.681. The fourth-order valence-electron chi connectivity index (χ4n) is 2.78. The van der Waals surface area contributed by atoms with Crippen molar-refractivity contribution in [2.75, 3.05) is 0 Å². The lowest BCUT2D eigenvalue weighted by Gasteiger charge is -2.23. The molecule has 0 spiro atoms. The normalized spacial score (nSPS) is 23.7. The summed E-state index contributed by atoms with van der Waals surface area (Å²) in [6.45, 7) is 4.31. The molecule has 0 bridgehead atoms. The Hall–Kier alpha value is -0.580. The maximum atomic E-state index is 12.4. The first-order chi connectivity index (χ1) is 9.09. The predicted molar refractivity (Wildman–Crippen MR) is 87.4 cm³/mol. The highest BCUT2D eigenvalue weighted by molar-refractivity contribution is 14.1. The fraction of sp³-hybridized carbons (Fsp3) is 0.562. The molecule has 0 radical (unpaired) electrons. The largest absolute Gasteiger partial charge is 0.349 e. The summed E-state index contributed by atoms with van der Waals surface area (Å²) in [6, 6.07) is 6.27. The number of hydrogen-bond acceptors (Lipinski definition) is 1. The quantitative estimate of drug-likeness (QED) is 0.610. The standard InChI is InChI=1S/C16H22INO/c1-11-7-4-3-5-10-14(11)18-16(19)13-9-6-8-12(2)15(13)17/h6,8-9,11,14H,3-5,7,10H2,1-2H3,(H,18,19). The summed E-state index contributed by atoms with van der Waals surface area (Å²) in [7, 11) is 0. The lowest BCUT2D eigenvalue weighted by atomic mass is 9.96. The zero-order chi connectivity index (χ0) is 13.8. The van der Waals surface area contributed by atoms with Crippen molar-refractivity contribution >= 4 is 28.5 Å². The summed E-state index contributed by atoms with van der Waals surface area (Å²) < 4.78 is 1.07. The van der Waals surface area contributed by atoms with Gasteiger partial charge in [0, 0.05) is 9.61 Å². The van der Waals surface area contributed by atoms with Gasteiger partial charge in [-0.3, -0.25) is 4.79 Å². The highest BCUT2D eigenvalue weighted by Gasteiger charge is 2.22. The number of hydrogen-bond donors (Lipinski definition) is 1. The van der Waals surface area contributed by atoms with Crippen LogP contribution in [0.3, 0.4) is 0 Å². The lowest BCUT2D eigenvalue weighted by molar-refractivity contribution is 0.0920. The number of amides is 1. The zero-order valence-electron chi connectivity index (χ0n) is 11.7. The van der Waals surface area contributed by atoms with E-state index in [4.69, 9.17) is 0 Å². The number of aryl methyl sites for hydroxylation is 1. The summed E-state index contributed by atoms with van der Waals surface area (Å²) in [6.07, 6.45) is 6.19. The summed E-state index contributed by atoms with van der Waals surface area (Å²) >= 11 is 2.27. The average Bonchev–Trinajstić information content (AvgIpc) is 2.58. The van der Waals surface area contributed by atoms with Gasteiger partial charge in [0.05, 0.1) is 5.56 Å². The Labute approximate surface area is 129 Å².